The summed E-state index contributed by atoms with van der Waals surface area (Å²) >= 11 is 0. The van der Waals surface area contributed by atoms with Crippen LogP contribution in [-0.4, -0.2) is 52.9 Å². The number of pyridine rings is 1. The number of rotatable bonds is 3. The molecule has 2 fully saturated rings. The van der Waals surface area contributed by atoms with Crippen molar-refractivity contribution in [2.75, 3.05) is 26.2 Å². The van der Waals surface area contributed by atoms with Crippen molar-refractivity contribution in [1.29, 1.82) is 0 Å². The zero-order valence-corrected chi connectivity index (χ0v) is 14.5. The fraction of sp³-hybridized carbons (Fsp3) is 0.684. The first-order valence-electron chi connectivity index (χ1n) is 9.14. The van der Waals surface area contributed by atoms with Gasteiger partial charge in [0.2, 0.25) is 0 Å². The molecule has 2 aliphatic heterocycles. The first kappa shape index (κ1) is 16.4. The number of carbonyl (C=O) groups excluding carboxylic acids is 1. The van der Waals surface area contributed by atoms with Gasteiger partial charge in [0.1, 0.15) is 0 Å². The third-order valence-electron chi connectivity index (χ3n) is 5.35. The molecule has 0 aliphatic carbocycles. The van der Waals surface area contributed by atoms with E-state index >= 15 is 0 Å². The van der Waals surface area contributed by atoms with Crippen LogP contribution in [-0.2, 0) is 0 Å². The van der Waals surface area contributed by atoms with E-state index < -0.39 is 0 Å². The van der Waals surface area contributed by atoms with E-state index in [4.69, 9.17) is 0 Å². The maximum atomic E-state index is 12.5. The largest absolute Gasteiger partial charge is 0.339 e. The van der Waals surface area contributed by atoms with Gasteiger partial charge < -0.3 is 9.80 Å². The number of carbonyl (C=O) groups is 1. The van der Waals surface area contributed by atoms with Gasteiger partial charge in [-0.25, -0.2) is 0 Å². The van der Waals surface area contributed by atoms with E-state index in [1.54, 1.807) is 6.20 Å². The standard InChI is InChI=1S/C19H29N3O/c1-15(2)21-12-8-16(9-13-21)18-7-6-17(14-20-18)19(23)22-10-4-3-5-11-22/h6-7,14-16H,3-5,8-13H2,1-2H3. The third-order valence-corrected chi connectivity index (χ3v) is 5.35. The van der Waals surface area contributed by atoms with Gasteiger partial charge in [0.25, 0.3) is 5.91 Å². The summed E-state index contributed by atoms with van der Waals surface area (Å²) in [6, 6.07) is 4.69. The Balaban J connectivity index is 1.60. The highest BCUT2D eigenvalue weighted by Gasteiger charge is 2.23. The van der Waals surface area contributed by atoms with Gasteiger partial charge in [-0.1, -0.05) is 0 Å². The van der Waals surface area contributed by atoms with Crippen LogP contribution in [0.15, 0.2) is 18.3 Å². The van der Waals surface area contributed by atoms with Crippen molar-refractivity contribution in [3.8, 4) is 0 Å². The third kappa shape index (κ3) is 3.92. The van der Waals surface area contributed by atoms with Crippen LogP contribution in [0.4, 0.5) is 0 Å². The Morgan fingerprint density at radius 1 is 1.09 bits per heavy atom. The number of amides is 1. The van der Waals surface area contributed by atoms with Crippen LogP contribution in [0.5, 0.6) is 0 Å². The average molecular weight is 315 g/mol. The molecule has 3 heterocycles. The lowest BCUT2D eigenvalue weighted by Gasteiger charge is -2.34. The minimum absolute atomic E-state index is 0.151. The highest BCUT2D eigenvalue weighted by atomic mass is 16.2. The van der Waals surface area contributed by atoms with Crippen molar-refractivity contribution in [1.82, 2.24) is 14.8 Å². The van der Waals surface area contributed by atoms with Gasteiger partial charge in [-0.3, -0.25) is 9.78 Å². The maximum Gasteiger partial charge on any atom is 0.255 e. The van der Waals surface area contributed by atoms with Crippen molar-refractivity contribution >= 4 is 5.91 Å². The lowest BCUT2D eigenvalue weighted by Crippen LogP contribution is -2.38. The molecule has 0 saturated carbocycles. The second kappa shape index (κ2) is 7.43. The first-order chi connectivity index (χ1) is 11.1. The minimum atomic E-state index is 0.151. The van der Waals surface area contributed by atoms with Gasteiger partial charge in [0, 0.05) is 36.9 Å². The molecule has 0 unspecified atom stereocenters. The van der Waals surface area contributed by atoms with Gasteiger partial charge >= 0.3 is 0 Å². The topological polar surface area (TPSA) is 36.4 Å². The van der Waals surface area contributed by atoms with E-state index in [0.717, 1.165) is 50.3 Å². The van der Waals surface area contributed by atoms with Gasteiger partial charge in [-0.05, 0) is 71.2 Å². The Morgan fingerprint density at radius 2 is 1.78 bits per heavy atom. The molecular weight excluding hydrogens is 286 g/mol. The fourth-order valence-corrected chi connectivity index (χ4v) is 3.76. The number of aromatic nitrogens is 1. The van der Waals surface area contributed by atoms with Crippen molar-refractivity contribution in [2.24, 2.45) is 0 Å². The van der Waals surface area contributed by atoms with Gasteiger partial charge in [-0.15, -0.1) is 0 Å². The normalized spacial score (nSPS) is 20.9. The van der Waals surface area contributed by atoms with Crippen molar-refractivity contribution in [2.45, 2.75) is 57.9 Å². The van der Waals surface area contributed by atoms with E-state index in [1.165, 1.54) is 19.3 Å². The van der Waals surface area contributed by atoms with Gasteiger partial charge in [0.15, 0.2) is 0 Å². The summed E-state index contributed by atoms with van der Waals surface area (Å²) in [6.45, 7) is 8.62. The molecule has 4 nitrogen and oxygen atoms in total. The Kier molecular flexibility index (Phi) is 5.31. The van der Waals surface area contributed by atoms with E-state index in [-0.39, 0.29) is 5.91 Å². The number of likely N-dealkylation sites (tertiary alicyclic amines) is 2. The Bertz CT molecular complexity index is 512. The summed E-state index contributed by atoms with van der Waals surface area (Å²) in [5.41, 5.74) is 1.90. The SMILES string of the molecule is CC(C)N1CCC(c2ccc(C(=O)N3CCCCC3)cn2)CC1. The molecule has 0 N–H and O–H groups in total. The number of hydrogen-bond donors (Lipinski definition) is 0. The van der Waals surface area contributed by atoms with Crippen molar-refractivity contribution < 1.29 is 4.79 Å². The smallest absolute Gasteiger partial charge is 0.255 e. The second-order valence-corrected chi connectivity index (χ2v) is 7.23. The van der Waals surface area contributed by atoms with Crippen molar-refractivity contribution in [3.63, 3.8) is 0 Å². The number of nitrogens with zero attached hydrogens (tertiary/aromatic N) is 3. The summed E-state index contributed by atoms with van der Waals surface area (Å²) in [6.07, 6.45) is 7.64. The Hall–Kier alpha value is -1.42. The molecule has 23 heavy (non-hydrogen) atoms. The highest BCUT2D eigenvalue weighted by Crippen LogP contribution is 2.27. The quantitative estimate of drug-likeness (QED) is 0.859. The van der Waals surface area contributed by atoms with Crippen LogP contribution in [0.3, 0.4) is 0 Å². The molecule has 1 aromatic heterocycles. The minimum Gasteiger partial charge on any atom is -0.339 e. The van der Waals surface area contributed by atoms with Crippen LogP contribution in [0.25, 0.3) is 0 Å². The van der Waals surface area contributed by atoms with E-state index in [9.17, 15) is 4.79 Å². The monoisotopic (exact) mass is 315 g/mol. The Morgan fingerprint density at radius 3 is 2.35 bits per heavy atom. The second-order valence-electron chi connectivity index (χ2n) is 7.23. The summed E-state index contributed by atoms with van der Waals surface area (Å²) in [5, 5.41) is 0. The van der Waals surface area contributed by atoms with Crippen LogP contribution >= 0.6 is 0 Å². The summed E-state index contributed by atoms with van der Waals surface area (Å²) in [5.74, 6) is 0.697. The fourth-order valence-electron chi connectivity index (χ4n) is 3.76. The van der Waals surface area contributed by atoms with Crippen LogP contribution in [0.2, 0.25) is 0 Å². The Labute approximate surface area is 139 Å². The molecule has 1 aromatic rings. The molecule has 4 heteroatoms. The van der Waals surface area contributed by atoms with Gasteiger partial charge in [-0.2, -0.15) is 0 Å². The average Bonchev–Trinajstić information content (AvgIpc) is 2.62. The highest BCUT2D eigenvalue weighted by molar-refractivity contribution is 5.93. The van der Waals surface area contributed by atoms with Crippen LogP contribution in [0.1, 0.15) is 67.9 Å². The molecule has 2 aliphatic rings. The molecule has 0 spiro atoms. The van der Waals surface area contributed by atoms with E-state index in [0.29, 0.717) is 12.0 Å². The molecule has 2 saturated heterocycles. The van der Waals surface area contributed by atoms with Crippen LogP contribution in [0, 0.1) is 0 Å². The summed E-state index contributed by atoms with van der Waals surface area (Å²) in [4.78, 5) is 21.6. The van der Waals surface area contributed by atoms with E-state index in [1.807, 2.05) is 11.0 Å². The zero-order valence-electron chi connectivity index (χ0n) is 14.5. The predicted molar refractivity (Wildman–Crippen MR) is 92.7 cm³/mol. The molecule has 3 rings (SSSR count). The number of hydrogen-bond acceptors (Lipinski definition) is 3. The summed E-state index contributed by atoms with van der Waals surface area (Å²) < 4.78 is 0. The van der Waals surface area contributed by atoms with E-state index in [2.05, 4.69) is 29.8 Å². The molecule has 0 bridgehead atoms. The zero-order chi connectivity index (χ0) is 16.2. The van der Waals surface area contributed by atoms with Gasteiger partial charge in [0.05, 0.1) is 5.56 Å². The molecule has 1 amide bonds. The predicted octanol–water partition coefficient (Wildman–Crippen LogP) is 3.30. The molecular formula is C19H29N3O. The van der Waals surface area contributed by atoms with Crippen LogP contribution < -0.4 is 0 Å². The lowest BCUT2D eigenvalue weighted by molar-refractivity contribution is 0.0724. The summed E-state index contributed by atoms with van der Waals surface area (Å²) in [7, 11) is 0. The maximum absolute atomic E-state index is 12.5. The first-order valence-corrected chi connectivity index (χ1v) is 9.14. The number of piperidine rings is 2. The molecule has 0 atom stereocenters. The molecule has 126 valence electrons. The lowest BCUT2D eigenvalue weighted by atomic mass is 9.92. The molecule has 0 aromatic carbocycles. The molecule has 0 radical (unpaired) electrons. The van der Waals surface area contributed by atoms with Crippen molar-refractivity contribution in [3.05, 3.63) is 29.6 Å².